The van der Waals surface area contributed by atoms with Crippen LogP contribution in [0.4, 0.5) is 10.1 Å². The van der Waals surface area contributed by atoms with Crippen molar-refractivity contribution in [2.24, 2.45) is 0 Å². The van der Waals surface area contributed by atoms with Crippen molar-refractivity contribution in [1.29, 1.82) is 0 Å². The van der Waals surface area contributed by atoms with E-state index in [1.54, 1.807) is 12.1 Å². The Labute approximate surface area is 174 Å². The third kappa shape index (κ3) is 3.70. The van der Waals surface area contributed by atoms with Crippen molar-refractivity contribution in [3.63, 3.8) is 0 Å². The Balaban J connectivity index is 1.35. The zero-order chi connectivity index (χ0) is 19.8. The van der Waals surface area contributed by atoms with Gasteiger partial charge in [-0.25, -0.2) is 9.07 Å². The molecule has 0 spiro atoms. The van der Waals surface area contributed by atoms with E-state index in [2.05, 4.69) is 14.8 Å². The molecule has 0 unspecified atom stereocenters. The fraction of sp³-hybridized carbons (Fsp3) is 0.381. The SMILES string of the molecule is Fc1ccccc1-c1nn(CN2CCN(c3ccncc3)CC2)c(=S)n1C1CC1. The van der Waals surface area contributed by atoms with E-state index >= 15 is 0 Å². The number of rotatable bonds is 5. The predicted octanol–water partition coefficient (Wildman–Crippen LogP) is 3.73. The summed E-state index contributed by atoms with van der Waals surface area (Å²) in [7, 11) is 0. The second kappa shape index (κ2) is 7.68. The van der Waals surface area contributed by atoms with Crippen molar-refractivity contribution in [2.45, 2.75) is 25.6 Å². The monoisotopic (exact) mass is 410 g/mol. The van der Waals surface area contributed by atoms with Crippen LogP contribution in [0.25, 0.3) is 11.4 Å². The van der Waals surface area contributed by atoms with Crippen LogP contribution in [0.15, 0.2) is 48.8 Å². The van der Waals surface area contributed by atoms with Gasteiger partial charge in [0.2, 0.25) is 0 Å². The molecule has 1 aliphatic heterocycles. The number of hydrogen-bond acceptors (Lipinski definition) is 5. The second-order valence-corrected chi connectivity index (χ2v) is 8.00. The number of hydrogen-bond donors (Lipinski definition) is 0. The lowest BCUT2D eigenvalue weighted by atomic mass is 10.2. The van der Waals surface area contributed by atoms with E-state index in [9.17, 15) is 4.39 Å². The van der Waals surface area contributed by atoms with Gasteiger partial charge in [0.15, 0.2) is 10.6 Å². The van der Waals surface area contributed by atoms with Gasteiger partial charge in [-0.3, -0.25) is 14.5 Å². The molecule has 0 bridgehead atoms. The second-order valence-electron chi connectivity index (χ2n) is 7.64. The summed E-state index contributed by atoms with van der Waals surface area (Å²) >= 11 is 5.74. The molecule has 1 saturated heterocycles. The van der Waals surface area contributed by atoms with Gasteiger partial charge in [0.1, 0.15) is 5.82 Å². The van der Waals surface area contributed by atoms with Crippen molar-refractivity contribution in [3.8, 4) is 11.4 Å². The molecule has 3 heterocycles. The van der Waals surface area contributed by atoms with Gasteiger partial charge in [0.25, 0.3) is 0 Å². The van der Waals surface area contributed by atoms with Crippen LogP contribution in [0, 0.1) is 10.6 Å². The average Bonchev–Trinajstić information content (AvgIpc) is 3.54. The maximum atomic E-state index is 14.4. The first-order chi connectivity index (χ1) is 14.2. The fourth-order valence-electron chi connectivity index (χ4n) is 3.89. The van der Waals surface area contributed by atoms with Crippen LogP contribution < -0.4 is 4.90 Å². The summed E-state index contributed by atoms with van der Waals surface area (Å²) in [6.07, 6.45) is 5.81. The van der Waals surface area contributed by atoms with Crippen molar-refractivity contribution in [1.82, 2.24) is 24.2 Å². The third-order valence-corrected chi connectivity index (χ3v) is 6.04. The number of aromatic nitrogens is 4. The van der Waals surface area contributed by atoms with Crippen molar-refractivity contribution in [3.05, 3.63) is 59.4 Å². The van der Waals surface area contributed by atoms with Crippen molar-refractivity contribution in [2.75, 3.05) is 31.1 Å². The van der Waals surface area contributed by atoms with Gasteiger partial charge in [-0.05, 0) is 49.3 Å². The molecule has 150 valence electrons. The first-order valence-corrected chi connectivity index (χ1v) is 10.4. The molecule has 0 radical (unpaired) electrons. The molecule has 29 heavy (non-hydrogen) atoms. The lowest BCUT2D eigenvalue weighted by molar-refractivity contribution is 0.194. The molecule has 2 fully saturated rings. The predicted molar refractivity (Wildman–Crippen MR) is 113 cm³/mol. The largest absolute Gasteiger partial charge is 0.369 e. The summed E-state index contributed by atoms with van der Waals surface area (Å²) in [6.45, 7) is 4.37. The van der Waals surface area contributed by atoms with Crippen LogP contribution in [0.3, 0.4) is 0 Å². The quantitative estimate of drug-likeness (QED) is 0.600. The summed E-state index contributed by atoms with van der Waals surface area (Å²) in [4.78, 5) is 8.81. The van der Waals surface area contributed by atoms with Crippen LogP contribution in [-0.4, -0.2) is 50.4 Å². The van der Waals surface area contributed by atoms with Gasteiger partial charge in [-0.1, -0.05) is 12.1 Å². The van der Waals surface area contributed by atoms with Crippen LogP contribution in [0.1, 0.15) is 18.9 Å². The molecular weight excluding hydrogens is 387 g/mol. The van der Waals surface area contributed by atoms with Gasteiger partial charge >= 0.3 is 0 Å². The Morgan fingerprint density at radius 2 is 1.72 bits per heavy atom. The smallest absolute Gasteiger partial charge is 0.199 e. The van der Waals surface area contributed by atoms with Gasteiger partial charge in [0.05, 0.1) is 12.2 Å². The van der Waals surface area contributed by atoms with Gasteiger partial charge in [0, 0.05) is 50.3 Å². The summed E-state index contributed by atoms with van der Waals surface area (Å²) in [5.41, 5.74) is 1.72. The van der Waals surface area contributed by atoms with E-state index in [1.165, 1.54) is 11.8 Å². The summed E-state index contributed by atoms with van der Waals surface area (Å²) in [6, 6.07) is 11.2. The molecule has 1 aliphatic carbocycles. The number of piperazine rings is 1. The fourth-order valence-corrected chi connectivity index (χ4v) is 4.23. The summed E-state index contributed by atoms with van der Waals surface area (Å²) in [5.74, 6) is 0.388. The molecule has 6 nitrogen and oxygen atoms in total. The number of benzene rings is 1. The maximum Gasteiger partial charge on any atom is 0.199 e. The minimum absolute atomic E-state index is 0.257. The molecule has 0 amide bonds. The number of nitrogens with zero attached hydrogens (tertiary/aromatic N) is 6. The molecule has 5 rings (SSSR count). The van der Waals surface area contributed by atoms with Gasteiger partial charge in [-0.2, -0.15) is 5.10 Å². The molecule has 2 aromatic heterocycles. The molecule has 8 heteroatoms. The van der Waals surface area contributed by atoms with E-state index < -0.39 is 0 Å². The zero-order valence-corrected chi connectivity index (χ0v) is 16.9. The summed E-state index contributed by atoms with van der Waals surface area (Å²) < 4.78 is 19.0. The number of pyridine rings is 1. The zero-order valence-electron chi connectivity index (χ0n) is 16.1. The van der Waals surface area contributed by atoms with E-state index in [4.69, 9.17) is 17.3 Å². The van der Waals surface area contributed by atoms with Crippen LogP contribution in [0.2, 0.25) is 0 Å². The molecule has 1 aromatic carbocycles. The van der Waals surface area contributed by atoms with E-state index in [-0.39, 0.29) is 5.82 Å². The lowest BCUT2D eigenvalue weighted by Gasteiger charge is -2.35. The first-order valence-electron chi connectivity index (χ1n) is 10.0. The average molecular weight is 411 g/mol. The highest BCUT2D eigenvalue weighted by atomic mass is 32.1. The Hall–Kier alpha value is -2.58. The normalized spacial score (nSPS) is 17.6. The highest BCUT2D eigenvalue weighted by Gasteiger charge is 2.30. The number of anilines is 1. The van der Waals surface area contributed by atoms with E-state index in [1.807, 2.05) is 39.8 Å². The lowest BCUT2D eigenvalue weighted by Crippen LogP contribution is -2.47. The van der Waals surface area contributed by atoms with Crippen molar-refractivity contribution < 1.29 is 4.39 Å². The standard InChI is InChI=1S/C21H23FN6S/c22-19-4-2-1-3-18(19)20-24-27(21(29)28(20)17-5-6-17)15-25-11-13-26(14-12-25)16-7-9-23-10-8-16/h1-4,7-10,17H,5-6,11-15H2. The van der Waals surface area contributed by atoms with E-state index in [0.717, 1.165) is 39.0 Å². The molecule has 0 N–H and O–H groups in total. The maximum absolute atomic E-state index is 14.4. The topological polar surface area (TPSA) is 42.1 Å². The van der Waals surface area contributed by atoms with Crippen LogP contribution >= 0.6 is 12.2 Å². The minimum atomic E-state index is -0.257. The minimum Gasteiger partial charge on any atom is -0.369 e. The van der Waals surface area contributed by atoms with Gasteiger partial charge in [-0.15, -0.1) is 0 Å². The van der Waals surface area contributed by atoms with E-state index in [0.29, 0.717) is 28.9 Å². The Kier molecular flexibility index (Phi) is 4.89. The molecule has 2 aliphatic rings. The highest BCUT2D eigenvalue weighted by molar-refractivity contribution is 7.71. The van der Waals surface area contributed by atoms with Crippen molar-refractivity contribution >= 4 is 17.9 Å². The molecule has 0 atom stereocenters. The Bertz CT molecular complexity index is 1050. The van der Waals surface area contributed by atoms with Gasteiger partial charge < -0.3 is 4.90 Å². The summed E-state index contributed by atoms with van der Waals surface area (Å²) in [5, 5.41) is 4.75. The Morgan fingerprint density at radius 1 is 1.00 bits per heavy atom. The number of halogens is 1. The molecule has 1 saturated carbocycles. The third-order valence-electron chi connectivity index (χ3n) is 5.63. The van der Waals surface area contributed by atoms with Crippen LogP contribution in [0.5, 0.6) is 0 Å². The van der Waals surface area contributed by atoms with Crippen LogP contribution in [-0.2, 0) is 6.67 Å². The Morgan fingerprint density at radius 3 is 2.41 bits per heavy atom. The highest BCUT2D eigenvalue weighted by Crippen LogP contribution is 2.39. The molecular formula is C21H23FN6S. The molecule has 3 aromatic rings. The first kappa shape index (κ1) is 18.4.